The second kappa shape index (κ2) is 14.2. The van der Waals surface area contributed by atoms with Crippen molar-refractivity contribution in [3.63, 3.8) is 0 Å². The zero-order valence-electron chi connectivity index (χ0n) is 31.3. The van der Waals surface area contributed by atoms with Crippen molar-refractivity contribution in [1.82, 2.24) is 0 Å². The molecule has 2 heterocycles. The van der Waals surface area contributed by atoms with Crippen LogP contribution in [0.5, 0.6) is 0 Å². The molecule has 13 unspecified atom stereocenters. The molecule has 0 amide bonds. The number of hydrogen-bond donors (Lipinski definition) is 2. The van der Waals surface area contributed by atoms with E-state index in [0.29, 0.717) is 19.3 Å². The van der Waals surface area contributed by atoms with Gasteiger partial charge in [0.1, 0.15) is 0 Å². The van der Waals surface area contributed by atoms with Crippen LogP contribution in [0.3, 0.4) is 0 Å². The lowest BCUT2D eigenvalue weighted by molar-refractivity contribution is -0.216. The van der Waals surface area contributed by atoms with Gasteiger partial charge in [0.15, 0.2) is 0 Å². The van der Waals surface area contributed by atoms with E-state index in [1.165, 1.54) is 0 Å². The van der Waals surface area contributed by atoms with Gasteiger partial charge in [-0.15, -0.1) is 0 Å². The van der Waals surface area contributed by atoms with Crippen LogP contribution in [0.15, 0.2) is 0 Å². The molecule has 0 aromatic heterocycles. The lowest BCUT2D eigenvalue weighted by atomic mass is 9.35. The van der Waals surface area contributed by atoms with Crippen molar-refractivity contribution in [3.05, 3.63) is 0 Å². The zero-order chi connectivity index (χ0) is 37.0. The maximum atomic E-state index is 13.6. The number of aliphatic carboxylic acids is 2. The monoisotopic (exact) mass is 712 g/mol. The van der Waals surface area contributed by atoms with Crippen molar-refractivity contribution in [3.8, 4) is 0 Å². The summed E-state index contributed by atoms with van der Waals surface area (Å²) in [5.41, 5.74) is -1.37. The highest BCUT2D eigenvalue weighted by Crippen LogP contribution is 2.76. The average molecular weight is 713 g/mol. The van der Waals surface area contributed by atoms with Gasteiger partial charge in [-0.1, -0.05) is 59.8 Å². The molecule has 0 aromatic rings. The van der Waals surface area contributed by atoms with Crippen LogP contribution < -0.4 is 0 Å². The summed E-state index contributed by atoms with van der Waals surface area (Å²) in [5.74, 6) is -4.01. The van der Waals surface area contributed by atoms with Gasteiger partial charge in [0.25, 0.3) is 0 Å². The minimum absolute atomic E-state index is 0.00435. The van der Waals surface area contributed by atoms with E-state index in [1.54, 1.807) is 0 Å². The summed E-state index contributed by atoms with van der Waals surface area (Å²) in [6, 6.07) is 0. The van der Waals surface area contributed by atoms with Crippen LogP contribution in [-0.4, -0.2) is 46.0 Å². The standard InChI is InChI=1S/C41H60O10/c1-22(2)32-26-19-29-39(4)15-11-16-40(5,38(48)49)28(39)14-17-41(29,21-27-33(26)37(47)51-36(27)46)34(32)23(3)18-24(25-20-31(44)50-35(25)45)12-9-7-6-8-10-13-30(42)43/h22-29,32-34H,6-21H2,1-5H3,(H,42,43)(H,48,49). The fraction of sp³-hybridized carbons (Fsp3) is 0.854. The Hall–Kier alpha value is -2.78. The molecule has 7 fully saturated rings. The van der Waals surface area contributed by atoms with Crippen LogP contribution in [0.1, 0.15) is 137 Å². The van der Waals surface area contributed by atoms with Crippen LogP contribution in [0.2, 0.25) is 0 Å². The molecular formula is C41H60O10. The Kier molecular flexibility index (Phi) is 10.6. The molecule has 0 radical (unpaired) electrons. The highest BCUT2D eigenvalue weighted by Gasteiger charge is 2.72. The summed E-state index contributed by atoms with van der Waals surface area (Å²) in [6.07, 6.45) is 11.3. The zero-order valence-corrected chi connectivity index (χ0v) is 31.3. The first-order chi connectivity index (χ1) is 24.0. The number of carboxylic acids is 2. The van der Waals surface area contributed by atoms with E-state index in [9.17, 15) is 33.9 Å². The molecule has 51 heavy (non-hydrogen) atoms. The normalized spacial score (nSPS) is 41.3. The van der Waals surface area contributed by atoms with Crippen molar-refractivity contribution in [1.29, 1.82) is 0 Å². The predicted molar refractivity (Wildman–Crippen MR) is 185 cm³/mol. The molecule has 1 spiro atoms. The van der Waals surface area contributed by atoms with Gasteiger partial charge in [0.05, 0.1) is 29.6 Å². The number of carbonyl (C=O) groups excluding carboxylic acids is 4. The third-order valence-corrected chi connectivity index (χ3v) is 15.7. The number of unbranched alkanes of at least 4 members (excludes halogenated alkanes) is 4. The molecule has 2 aliphatic heterocycles. The molecule has 10 heteroatoms. The number of rotatable bonds is 14. The Balaban J connectivity index is 1.35. The van der Waals surface area contributed by atoms with E-state index in [-0.39, 0.29) is 71.0 Å². The number of ether oxygens (including phenoxy) is 2. The molecule has 5 saturated carbocycles. The van der Waals surface area contributed by atoms with E-state index in [0.717, 1.165) is 70.6 Å². The second-order valence-electron chi connectivity index (χ2n) is 18.6. The molecule has 10 nitrogen and oxygen atoms in total. The largest absolute Gasteiger partial charge is 0.481 e. The maximum Gasteiger partial charge on any atom is 0.317 e. The van der Waals surface area contributed by atoms with Gasteiger partial charge in [-0.05, 0) is 123 Å². The fourth-order valence-corrected chi connectivity index (χ4v) is 13.9. The van der Waals surface area contributed by atoms with Gasteiger partial charge in [-0.2, -0.15) is 0 Å². The molecular weight excluding hydrogens is 652 g/mol. The molecule has 13 atom stereocenters. The maximum absolute atomic E-state index is 13.6. The predicted octanol–water partition coefficient (Wildman–Crippen LogP) is 7.46. The highest BCUT2D eigenvalue weighted by molar-refractivity contribution is 5.97. The molecule has 5 aliphatic carbocycles. The number of esters is 4. The number of hydrogen-bond acceptors (Lipinski definition) is 8. The smallest absolute Gasteiger partial charge is 0.317 e. The Labute approximate surface area is 302 Å². The number of carboxylic acid groups (broad SMARTS) is 2. The van der Waals surface area contributed by atoms with Gasteiger partial charge in [0, 0.05) is 6.42 Å². The van der Waals surface area contributed by atoms with E-state index in [1.807, 2.05) is 6.92 Å². The summed E-state index contributed by atoms with van der Waals surface area (Å²) < 4.78 is 10.5. The Morgan fingerprint density at radius 2 is 1.57 bits per heavy atom. The van der Waals surface area contributed by atoms with Gasteiger partial charge in [-0.3, -0.25) is 28.8 Å². The van der Waals surface area contributed by atoms with Crippen LogP contribution in [-0.2, 0) is 38.2 Å². The molecule has 284 valence electrons. The Morgan fingerprint density at radius 1 is 0.863 bits per heavy atom. The molecule has 7 aliphatic rings. The minimum Gasteiger partial charge on any atom is -0.481 e. The van der Waals surface area contributed by atoms with Crippen molar-refractivity contribution in [2.24, 2.45) is 81.3 Å². The van der Waals surface area contributed by atoms with Gasteiger partial charge in [0.2, 0.25) is 0 Å². The average Bonchev–Trinajstić information content (AvgIpc) is 3.41. The van der Waals surface area contributed by atoms with Crippen LogP contribution >= 0.6 is 0 Å². The molecule has 7 rings (SSSR count). The second-order valence-corrected chi connectivity index (χ2v) is 18.6. The minimum atomic E-state index is -0.822. The first-order valence-corrected chi connectivity index (χ1v) is 20.0. The van der Waals surface area contributed by atoms with Gasteiger partial charge >= 0.3 is 35.8 Å². The van der Waals surface area contributed by atoms with Crippen molar-refractivity contribution < 1.29 is 48.5 Å². The van der Waals surface area contributed by atoms with Crippen LogP contribution in [0.25, 0.3) is 0 Å². The highest BCUT2D eigenvalue weighted by atomic mass is 16.6. The van der Waals surface area contributed by atoms with Gasteiger partial charge < -0.3 is 19.7 Å². The topological polar surface area (TPSA) is 161 Å². The molecule has 2 N–H and O–H groups in total. The molecule has 0 aromatic carbocycles. The summed E-state index contributed by atoms with van der Waals surface area (Å²) in [6.45, 7) is 11.0. The lowest BCUT2D eigenvalue weighted by Crippen LogP contribution is -2.64. The van der Waals surface area contributed by atoms with Crippen molar-refractivity contribution in [2.45, 2.75) is 137 Å². The van der Waals surface area contributed by atoms with Crippen molar-refractivity contribution >= 4 is 35.8 Å². The third kappa shape index (κ3) is 6.46. The lowest BCUT2D eigenvalue weighted by Gasteiger charge is -2.69. The first-order valence-electron chi connectivity index (χ1n) is 20.0. The summed E-state index contributed by atoms with van der Waals surface area (Å²) in [4.78, 5) is 76.4. The Morgan fingerprint density at radius 3 is 2.22 bits per heavy atom. The van der Waals surface area contributed by atoms with E-state index >= 15 is 0 Å². The van der Waals surface area contributed by atoms with Crippen molar-refractivity contribution in [2.75, 3.05) is 0 Å². The third-order valence-electron chi connectivity index (χ3n) is 15.7. The molecule has 2 saturated heterocycles. The van der Waals surface area contributed by atoms with E-state index in [4.69, 9.17) is 14.6 Å². The first kappa shape index (κ1) is 38.0. The van der Waals surface area contributed by atoms with Gasteiger partial charge in [-0.25, -0.2) is 0 Å². The quantitative estimate of drug-likeness (QED) is 0.105. The Bertz CT molecular complexity index is 1420. The number of cyclic esters (lactones) is 4. The summed E-state index contributed by atoms with van der Waals surface area (Å²) in [7, 11) is 0. The van der Waals surface area contributed by atoms with Crippen LogP contribution in [0.4, 0.5) is 0 Å². The fourth-order valence-electron chi connectivity index (χ4n) is 13.9. The van der Waals surface area contributed by atoms with E-state index < -0.39 is 59.0 Å². The van der Waals surface area contributed by atoms with E-state index in [2.05, 4.69) is 27.7 Å². The summed E-state index contributed by atoms with van der Waals surface area (Å²) in [5, 5.41) is 19.6. The number of fused-ring (bicyclic) bond motifs is 2. The SMILES string of the molecule is CC(C)C1C2CC3C4(C)CCCC(C)(C(=O)O)C4CCC3(CC3C(=O)OC(=O)C32)C1C(C)CC(CCCCCCCC(=O)O)C1CC(=O)OC1=O. The number of carbonyl (C=O) groups is 6. The summed E-state index contributed by atoms with van der Waals surface area (Å²) >= 11 is 0. The van der Waals surface area contributed by atoms with Crippen LogP contribution in [0, 0.1) is 81.3 Å². The molecule has 2 bridgehead atoms.